The number of aromatic nitrogens is 1. The number of rotatable bonds is 4. The average molecular weight is 546 g/mol. The van der Waals surface area contributed by atoms with Crippen LogP contribution in [0.2, 0.25) is 0 Å². The van der Waals surface area contributed by atoms with E-state index in [1.54, 1.807) is 0 Å². The number of carbonyl (C=O) groups excluding carboxylic acids is 1. The molecule has 1 aromatic carbocycles. The van der Waals surface area contributed by atoms with Crippen LogP contribution in [-0.2, 0) is 30.2 Å². The fourth-order valence-electron chi connectivity index (χ4n) is 6.40. The predicted molar refractivity (Wildman–Crippen MR) is 134 cm³/mol. The molecule has 4 aliphatic rings. The molecule has 9 atom stereocenters. The van der Waals surface area contributed by atoms with E-state index >= 15 is 0 Å². The van der Waals surface area contributed by atoms with Crippen LogP contribution in [0.5, 0.6) is 0 Å². The van der Waals surface area contributed by atoms with Crippen molar-refractivity contribution in [2.75, 3.05) is 26.8 Å². The van der Waals surface area contributed by atoms with Gasteiger partial charge in [-0.05, 0) is 11.6 Å². The first-order valence-corrected chi connectivity index (χ1v) is 13.1. The maximum Gasteiger partial charge on any atom is 0.337 e. The number of aliphatic hydroxyl groups is 5. The average Bonchev–Trinajstić information content (AvgIpc) is 3.25. The number of carbonyl (C=O) groups is 1. The third kappa shape index (κ3) is 4.36. The highest BCUT2D eigenvalue weighted by molar-refractivity contribution is 6.04. The first kappa shape index (κ1) is 26.4. The molecule has 210 valence electrons. The Morgan fingerprint density at radius 1 is 1.13 bits per heavy atom. The Kier molecular flexibility index (Phi) is 6.96. The molecule has 5 heterocycles. The summed E-state index contributed by atoms with van der Waals surface area (Å²) >= 11 is 0. The second-order valence-corrected chi connectivity index (χ2v) is 10.5. The lowest BCUT2D eigenvalue weighted by molar-refractivity contribution is -0.539. The van der Waals surface area contributed by atoms with E-state index in [1.165, 1.54) is 18.9 Å². The van der Waals surface area contributed by atoms with Gasteiger partial charge < -0.3 is 49.5 Å². The smallest absolute Gasteiger partial charge is 0.337 e. The number of methoxy groups -OCH3 is 1. The van der Waals surface area contributed by atoms with Crippen molar-refractivity contribution in [3.8, 4) is 0 Å². The molecule has 0 amide bonds. The van der Waals surface area contributed by atoms with E-state index in [0.717, 1.165) is 28.7 Å². The number of fused-ring (bicyclic) bond motifs is 5. The van der Waals surface area contributed by atoms with Crippen LogP contribution in [0.15, 0.2) is 36.1 Å². The molecule has 1 fully saturated rings. The summed E-state index contributed by atoms with van der Waals surface area (Å²) in [6.07, 6.45) is -7.24. The SMILES string of the molecule is COC(=O)C1=CO[C@@H](O[C@@H]2O[C@H](CO)[C@@H](O)[C@H](O)[C@H]2O)[C@@H]2[C@H](O)C[N+]3=C(C[C@H]12)c1[nH]c2ccccc2c1CC3. The maximum absolute atomic E-state index is 12.8. The van der Waals surface area contributed by atoms with Gasteiger partial charge in [0, 0.05) is 29.7 Å². The molecule has 12 heteroatoms. The molecule has 2 aromatic rings. The Morgan fingerprint density at radius 3 is 2.69 bits per heavy atom. The van der Waals surface area contributed by atoms with E-state index < -0.39 is 67.5 Å². The standard InChI is InChI=1S/C27H32N2O10/c1-36-25(35)15-11-37-26(39-27-24(34)23(33)22(32)19(10-30)38-27)20-14(15)8-17-21-13(6-7-29(17)9-18(20)31)12-4-2-3-5-16(12)28-21/h2-5,11,14,18-20,22-24,26-27,30-34H,6-10H2,1H3/p+1/t14-,18-,19-,20+,22-,23+,24-,26+,27+/m1/s1. The topological polar surface area (TPSA) is 174 Å². The van der Waals surface area contributed by atoms with Gasteiger partial charge in [0.15, 0.2) is 12.8 Å². The Morgan fingerprint density at radius 2 is 1.92 bits per heavy atom. The molecule has 4 aliphatic heterocycles. The minimum absolute atomic E-state index is 0.243. The number of nitrogens with zero attached hydrogens (tertiary/aromatic N) is 1. The fourth-order valence-corrected chi connectivity index (χ4v) is 6.40. The van der Waals surface area contributed by atoms with Gasteiger partial charge in [-0.3, -0.25) is 0 Å². The number of ether oxygens (including phenoxy) is 4. The lowest BCUT2D eigenvalue weighted by atomic mass is 9.77. The minimum atomic E-state index is -1.65. The highest BCUT2D eigenvalue weighted by atomic mass is 16.8. The van der Waals surface area contributed by atoms with Crippen molar-refractivity contribution in [1.29, 1.82) is 0 Å². The van der Waals surface area contributed by atoms with Gasteiger partial charge in [-0.1, -0.05) is 18.2 Å². The predicted octanol–water partition coefficient (Wildman–Crippen LogP) is -1.25. The summed E-state index contributed by atoms with van der Waals surface area (Å²) in [6, 6.07) is 8.06. The molecular weight excluding hydrogens is 512 g/mol. The van der Waals surface area contributed by atoms with Crippen LogP contribution in [0.4, 0.5) is 0 Å². The summed E-state index contributed by atoms with van der Waals surface area (Å²) in [7, 11) is 1.28. The lowest BCUT2D eigenvalue weighted by Crippen LogP contribution is -2.60. The molecule has 6 rings (SSSR count). The second-order valence-electron chi connectivity index (χ2n) is 10.5. The van der Waals surface area contributed by atoms with Crippen LogP contribution >= 0.6 is 0 Å². The van der Waals surface area contributed by atoms with E-state index in [4.69, 9.17) is 18.9 Å². The minimum Gasteiger partial charge on any atom is -0.471 e. The van der Waals surface area contributed by atoms with Crippen molar-refractivity contribution < 1.29 is 53.9 Å². The van der Waals surface area contributed by atoms with Crippen molar-refractivity contribution >= 4 is 22.6 Å². The molecule has 1 aromatic heterocycles. The maximum atomic E-state index is 12.8. The van der Waals surface area contributed by atoms with E-state index in [1.807, 2.05) is 18.2 Å². The Labute approximate surface area is 223 Å². The normalized spacial score (nSPS) is 36.3. The van der Waals surface area contributed by atoms with Crippen LogP contribution in [0.25, 0.3) is 10.9 Å². The van der Waals surface area contributed by atoms with Gasteiger partial charge in [0.25, 0.3) is 0 Å². The summed E-state index contributed by atoms with van der Waals surface area (Å²) in [5.41, 5.74) is 4.37. The highest BCUT2D eigenvalue weighted by Crippen LogP contribution is 2.41. The van der Waals surface area contributed by atoms with Gasteiger partial charge in [-0.25, -0.2) is 9.37 Å². The largest absolute Gasteiger partial charge is 0.471 e. The molecule has 0 radical (unpaired) electrons. The summed E-state index contributed by atoms with van der Waals surface area (Å²) in [5, 5.41) is 53.1. The van der Waals surface area contributed by atoms with Crippen molar-refractivity contribution in [1.82, 2.24) is 4.98 Å². The molecule has 0 bridgehead atoms. The number of esters is 1. The van der Waals surface area contributed by atoms with Crippen LogP contribution < -0.4 is 0 Å². The Hall–Kier alpha value is -2.84. The van der Waals surface area contributed by atoms with Gasteiger partial charge >= 0.3 is 5.97 Å². The molecule has 0 saturated carbocycles. The van der Waals surface area contributed by atoms with Crippen LogP contribution in [0.3, 0.4) is 0 Å². The fraction of sp³-hybridized carbons (Fsp3) is 0.556. The number of H-pyrrole nitrogens is 1. The van der Waals surface area contributed by atoms with Crippen molar-refractivity contribution in [2.24, 2.45) is 11.8 Å². The number of para-hydroxylation sites is 1. The van der Waals surface area contributed by atoms with Gasteiger partial charge in [-0.2, -0.15) is 0 Å². The van der Waals surface area contributed by atoms with Gasteiger partial charge in [-0.15, -0.1) is 0 Å². The molecule has 1 saturated heterocycles. The zero-order chi connectivity index (χ0) is 27.4. The number of aliphatic hydroxyl groups excluding tert-OH is 5. The van der Waals surface area contributed by atoms with Crippen LogP contribution in [0.1, 0.15) is 17.7 Å². The summed E-state index contributed by atoms with van der Waals surface area (Å²) in [4.78, 5) is 16.3. The first-order valence-electron chi connectivity index (χ1n) is 13.1. The summed E-state index contributed by atoms with van der Waals surface area (Å²) in [6.45, 7) is 0.312. The number of hydrogen-bond donors (Lipinski definition) is 6. The number of aromatic amines is 1. The third-order valence-electron chi connectivity index (χ3n) is 8.43. The van der Waals surface area contributed by atoms with Crippen molar-refractivity contribution in [3.05, 3.63) is 47.4 Å². The molecule has 12 nitrogen and oxygen atoms in total. The Balaban J connectivity index is 1.35. The van der Waals surface area contributed by atoms with Crippen molar-refractivity contribution in [2.45, 2.75) is 55.9 Å². The summed E-state index contributed by atoms with van der Waals surface area (Å²) in [5.74, 6) is -1.94. The third-order valence-corrected chi connectivity index (χ3v) is 8.43. The quantitative estimate of drug-likeness (QED) is 0.201. The number of nitrogens with one attached hydrogen (secondary N) is 1. The summed E-state index contributed by atoms with van der Waals surface area (Å²) < 4.78 is 24.4. The van der Waals surface area contributed by atoms with E-state index in [0.29, 0.717) is 13.0 Å². The van der Waals surface area contributed by atoms with E-state index in [-0.39, 0.29) is 12.1 Å². The monoisotopic (exact) mass is 545 g/mol. The number of benzene rings is 1. The lowest BCUT2D eigenvalue weighted by Gasteiger charge is -2.43. The zero-order valence-electron chi connectivity index (χ0n) is 21.3. The second kappa shape index (κ2) is 10.3. The number of hydrogen-bond acceptors (Lipinski definition) is 10. The molecule has 0 spiro atoms. The van der Waals surface area contributed by atoms with Gasteiger partial charge in [0.2, 0.25) is 12.0 Å². The molecule has 39 heavy (non-hydrogen) atoms. The highest BCUT2D eigenvalue weighted by Gasteiger charge is 2.53. The molecule has 0 aliphatic carbocycles. The van der Waals surface area contributed by atoms with Gasteiger partial charge in [0.05, 0.1) is 31.5 Å². The van der Waals surface area contributed by atoms with Crippen LogP contribution in [-0.4, -0.2) is 117 Å². The van der Waals surface area contributed by atoms with Crippen molar-refractivity contribution in [3.63, 3.8) is 0 Å². The zero-order valence-corrected chi connectivity index (χ0v) is 21.3. The van der Waals surface area contributed by atoms with Crippen LogP contribution in [0, 0.1) is 11.8 Å². The Bertz CT molecular complexity index is 1320. The van der Waals surface area contributed by atoms with E-state index in [9.17, 15) is 30.3 Å². The molecular formula is C27H33N2O10+. The van der Waals surface area contributed by atoms with E-state index in [2.05, 4.69) is 15.6 Å². The molecule has 6 N–H and O–H groups in total. The first-order chi connectivity index (χ1) is 18.8. The molecule has 0 unspecified atom stereocenters. The van der Waals surface area contributed by atoms with Gasteiger partial charge in [0.1, 0.15) is 42.8 Å².